The number of carbonyl (C=O) groups is 1. The van der Waals surface area contributed by atoms with Crippen molar-refractivity contribution in [2.45, 2.75) is 13.0 Å². The van der Waals surface area contributed by atoms with Crippen LogP contribution >= 0.6 is 15.9 Å². The number of benzene rings is 1. The van der Waals surface area contributed by atoms with Gasteiger partial charge in [0.05, 0.1) is 0 Å². The van der Waals surface area contributed by atoms with Gasteiger partial charge in [-0.3, -0.25) is 9.69 Å². The fraction of sp³-hybridized carbons (Fsp3) is 0.462. The molecule has 1 aliphatic heterocycles. The number of likely N-dealkylation sites (N-methyl/N-ethyl adjacent to an activating group) is 1. The first-order chi connectivity index (χ1) is 8.58. The maximum Gasteiger partial charge on any atom is 0.243 e. The van der Waals surface area contributed by atoms with E-state index >= 15 is 0 Å². The Hall–Kier alpha value is -0.910. The summed E-state index contributed by atoms with van der Waals surface area (Å²) in [5, 5.41) is 6.24. The van der Waals surface area contributed by atoms with E-state index in [1.54, 1.807) is 0 Å². The van der Waals surface area contributed by atoms with Crippen molar-refractivity contribution in [2.24, 2.45) is 0 Å². The van der Waals surface area contributed by atoms with Crippen LogP contribution in [0.5, 0.6) is 0 Å². The first kappa shape index (κ1) is 13.5. The molecule has 1 aromatic rings. The summed E-state index contributed by atoms with van der Waals surface area (Å²) in [5.74, 6) is 0.0510. The smallest absolute Gasteiger partial charge is 0.243 e. The minimum Gasteiger partial charge on any atom is -0.324 e. The quantitative estimate of drug-likeness (QED) is 0.872. The van der Waals surface area contributed by atoms with Crippen molar-refractivity contribution in [2.75, 3.05) is 32.0 Å². The first-order valence-corrected chi connectivity index (χ1v) is 6.85. The number of aryl methyl sites for hydroxylation is 1. The maximum absolute atomic E-state index is 12.2. The van der Waals surface area contributed by atoms with Crippen molar-refractivity contribution in [3.8, 4) is 0 Å². The van der Waals surface area contributed by atoms with E-state index in [4.69, 9.17) is 0 Å². The number of halogens is 1. The normalized spacial score (nSPS) is 20.7. The molecule has 0 bridgehead atoms. The molecular formula is C13H18BrN3O. The number of hydrogen-bond donors (Lipinski definition) is 2. The van der Waals surface area contributed by atoms with Crippen molar-refractivity contribution in [1.29, 1.82) is 0 Å². The summed E-state index contributed by atoms with van der Waals surface area (Å²) in [7, 11) is 1.99. The van der Waals surface area contributed by atoms with Gasteiger partial charge < -0.3 is 10.6 Å². The molecule has 0 spiro atoms. The number of amides is 1. The highest BCUT2D eigenvalue weighted by molar-refractivity contribution is 9.10. The van der Waals surface area contributed by atoms with Crippen molar-refractivity contribution >= 4 is 27.5 Å². The monoisotopic (exact) mass is 311 g/mol. The number of nitrogens with zero attached hydrogens (tertiary/aromatic N) is 1. The molecule has 0 aliphatic carbocycles. The number of hydrogen-bond acceptors (Lipinski definition) is 3. The van der Waals surface area contributed by atoms with E-state index in [1.807, 2.05) is 32.2 Å². The van der Waals surface area contributed by atoms with Gasteiger partial charge in [0.25, 0.3) is 0 Å². The summed E-state index contributed by atoms with van der Waals surface area (Å²) < 4.78 is 1.02. The minimum absolute atomic E-state index is 0.0510. The second-order valence-electron chi connectivity index (χ2n) is 4.65. The van der Waals surface area contributed by atoms with Crippen molar-refractivity contribution in [1.82, 2.24) is 10.2 Å². The summed E-state index contributed by atoms with van der Waals surface area (Å²) >= 11 is 3.42. The Bertz CT molecular complexity index is 450. The summed E-state index contributed by atoms with van der Waals surface area (Å²) in [6.45, 7) is 4.54. The highest BCUT2D eigenvalue weighted by Gasteiger charge is 2.25. The predicted molar refractivity (Wildman–Crippen MR) is 76.8 cm³/mol. The van der Waals surface area contributed by atoms with Crippen LogP contribution < -0.4 is 10.6 Å². The number of carbonyl (C=O) groups excluding carboxylic acids is 1. The SMILES string of the molecule is Cc1cc(Br)ccc1NC(=O)C1CNCCN1C. The third-order valence-electron chi connectivity index (χ3n) is 3.26. The third-order valence-corrected chi connectivity index (χ3v) is 3.75. The minimum atomic E-state index is -0.0956. The number of rotatable bonds is 2. The molecule has 1 unspecified atom stereocenters. The molecule has 4 nitrogen and oxygen atoms in total. The molecule has 98 valence electrons. The number of piperazine rings is 1. The Kier molecular flexibility index (Phi) is 4.37. The number of nitrogens with one attached hydrogen (secondary N) is 2. The lowest BCUT2D eigenvalue weighted by Crippen LogP contribution is -2.54. The van der Waals surface area contributed by atoms with Crippen molar-refractivity contribution < 1.29 is 4.79 Å². The molecule has 1 atom stereocenters. The van der Waals surface area contributed by atoms with E-state index in [9.17, 15) is 4.79 Å². The summed E-state index contributed by atoms with van der Waals surface area (Å²) in [6, 6.07) is 5.76. The summed E-state index contributed by atoms with van der Waals surface area (Å²) in [4.78, 5) is 14.3. The van der Waals surface area contributed by atoms with Crippen LogP contribution in [0.3, 0.4) is 0 Å². The molecule has 2 rings (SSSR count). The Morgan fingerprint density at radius 2 is 2.33 bits per heavy atom. The predicted octanol–water partition coefficient (Wildman–Crippen LogP) is 1.60. The lowest BCUT2D eigenvalue weighted by atomic mass is 10.1. The Morgan fingerprint density at radius 3 is 3.00 bits per heavy atom. The van der Waals surface area contributed by atoms with Gasteiger partial charge in [-0.2, -0.15) is 0 Å². The standard InChI is InChI=1S/C13H18BrN3O/c1-9-7-10(14)3-4-11(9)16-13(18)12-8-15-5-6-17(12)2/h3-4,7,12,15H,5-6,8H2,1-2H3,(H,16,18). The highest BCUT2D eigenvalue weighted by Crippen LogP contribution is 2.20. The molecule has 1 amide bonds. The Balaban J connectivity index is 2.06. The first-order valence-electron chi connectivity index (χ1n) is 6.06. The molecule has 1 aromatic carbocycles. The van der Waals surface area contributed by atoms with Crippen molar-refractivity contribution in [3.05, 3.63) is 28.2 Å². The van der Waals surface area contributed by atoms with Gasteiger partial charge in [-0.15, -0.1) is 0 Å². The molecule has 1 aliphatic rings. The van der Waals surface area contributed by atoms with Gasteiger partial charge >= 0.3 is 0 Å². The van der Waals surface area contributed by atoms with E-state index in [-0.39, 0.29) is 11.9 Å². The van der Waals surface area contributed by atoms with Crippen LogP contribution in [0.2, 0.25) is 0 Å². The molecule has 1 fully saturated rings. The molecular weight excluding hydrogens is 294 g/mol. The Labute approximate surface area is 116 Å². The molecule has 0 radical (unpaired) electrons. The molecule has 1 saturated heterocycles. The van der Waals surface area contributed by atoms with Gasteiger partial charge in [-0.25, -0.2) is 0 Å². The number of anilines is 1. The third kappa shape index (κ3) is 3.10. The fourth-order valence-electron chi connectivity index (χ4n) is 2.08. The van der Waals surface area contributed by atoms with Crippen LogP contribution in [0.1, 0.15) is 5.56 Å². The molecule has 18 heavy (non-hydrogen) atoms. The van der Waals surface area contributed by atoms with Crippen LogP contribution in [0.4, 0.5) is 5.69 Å². The highest BCUT2D eigenvalue weighted by atomic mass is 79.9. The van der Waals surface area contributed by atoms with E-state index in [2.05, 4.69) is 31.5 Å². The molecule has 0 saturated carbocycles. The molecule has 1 heterocycles. The molecule has 2 N–H and O–H groups in total. The maximum atomic E-state index is 12.2. The van der Waals surface area contributed by atoms with Crippen molar-refractivity contribution in [3.63, 3.8) is 0 Å². The molecule has 5 heteroatoms. The van der Waals surface area contributed by atoms with E-state index in [0.717, 1.165) is 28.8 Å². The van der Waals surface area contributed by atoms with Crippen LogP contribution in [-0.4, -0.2) is 43.5 Å². The molecule has 0 aromatic heterocycles. The summed E-state index contributed by atoms with van der Waals surface area (Å²) in [6.07, 6.45) is 0. The fourth-order valence-corrected chi connectivity index (χ4v) is 2.56. The van der Waals surface area contributed by atoms with E-state index in [1.165, 1.54) is 0 Å². The average Bonchev–Trinajstić information content (AvgIpc) is 2.33. The second-order valence-corrected chi connectivity index (χ2v) is 5.56. The van der Waals surface area contributed by atoms with Gasteiger partial charge in [0.1, 0.15) is 6.04 Å². The van der Waals surface area contributed by atoms with Gasteiger partial charge in [0, 0.05) is 29.8 Å². The van der Waals surface area contributed by atoms with E-state index in [0.29, 0.717) is 6.54 Å². The zero-order valence-electron chi connectivity index (χ0n) is 10.7. The van der Waals surface area contributed by atoms with Gasteiger partial charge in [-0.05, 0) is 37.7 Å². The Morgan fingerprint density at radius 1 is 1.56 bits per heavy atom. The second kappa shape index (κ2) is 5.82. The lowest BCUT2D eigenvalue weighted by molar-refractivity contribution is -0.121. The topological polar surface area (TPSA) is 44.4 Å². The van der Waals surface area contributed by atoms with Gasteiger partial charge in [0.15, 0.2) is 0 Å². The lowest BCUT2D eigenvalue weighted by Gasteiger charge is -2.32. The van der Waals surface area contributed by atoms with Crippen LogP contribution in [0.25, 0.3) is 0 Å². The van der Waals surface area contributed by atoms with Crippen LogP contribution in [0, 0.1) is 6.92 Å². The van der Waals surface area contributed by atoms with Gasteiger partial charge in [0.2, 0.25) is 5.91 Å². The summed E-state index contributed by atoms with van der Waals surface area (Å²) in [5.41, 5.74) is 1.94. The van der Waals surface area contributed by atoms with Crippen LogP contribution in [-0.2, 0) is 4.79 Å². The zero-order chi connectivity index (χ0) is 13.1. The van der Waals surface area contributed by atoms with Gasteiger partial charge in [-0.1, -0.05) is 15.9 Å². The van der Waals surface area contributed by atoms with E-state index < -0.39 is 0 Å². The zero-order valence-corrected chi connectivity index (χ0v) is 12.3. The largest absolute Gasteiger partial charge is 0.324 e. The average molecular weight is 312 g/mol. The van der Waals surface area contributed by atoms with Crippen LogP contribution in [0.15, 0.2) is 22.7 Å².